The zero-order valence-electron chi connectivity index (χ0n) is 10.2. The molecule has 0 bridgehead atoms. The molecule has 3 rings (SSSR count). The fourth-order valence-corrected chi connectivity index (χ4v) is 2.07. The summed E-state index contributed by atoms with van der Waals surface area (Å²) in [4.78, 5) is 19.8. The molecule has 0 aliphatic heterocycles. The molecule has 0 atom stereocenters. The van der Waals surface area contributed by atoms with Crippen LogP contribution in [0.2, 0.25) is 0 Å². The van der Waals surface area contributed by atoms with Gasteiger partial charge >= 0.3 is 5.97 Å². The van der Waals surface area contributed by atoms with E-state index in [9.17, 15) is 4.79 Å². The van der Waals surface area contributed by atoms with Gasteiger partial charge in [-0.2, -0.15) is 0 Å². The summed E-state index contributed by atoms with van der Waals surface area (Å²) in [7, 11) is 1.87. The molecule has 0 spiro atoms. The minimum absolute atomic E-state index is 0.248. The minimum Gasteiger partial charge on any atom is -0.478 e. The van der Waals surface area contributed by atoms with E-state index in [1.807, 2.05) is 29.8 Å². The predicted molar refractivity (Wildman–Crippen MR) is 70.9 cm³/mol. The van der Waals surface area contributed by atoms with Crippen molar-refractivity contribution in [2.75, 3.05) is 0 Å². The van der Waals surface area contributed by atoms with Gasteiger partial charge in [-0.3, -0.25) is 0 Å². The standard InChI is InChI=1S/C14H11N3O2/c1-17-12(16-11-6-3-7-15-13(11)17)9-4-2-5-10(8-9)14(18)19/h2-8H,1H3,(H,18,19). The number of hydrogen-bond acceptors (Lipinski definition) is 3. The summed E-state index contributed by atoms with van der Waals surface area (Å²) in [6.45, 7) is 0. The van der Waals surface area contributed by atoms with Crippen molar-refractivity contribution >= 4 is 17.1 Å². The number of fused-ring (bicyclic) bond motifs is 1. The fourth-order valence-electron chi connectivity index (χ4n) is 2.07. The molecule has 3 aromatic rings. The van der Waals surface area contributed by atoms with Crippen LogP contribution in [0, 0.1) is 0 Å². The highest BCUT2D eigenvalue weighted by atomic mass is 16.4. The Hall–Kier alpha value is -2.69. The van der Waals surface area contributed by atoms with Gasteiger partial charge < -0.3 is 9.67 Å². The maximum atomic E-state index is 11.0. The number of carboxylic acids is 1. The molecule has 94 valence electrons. The highest BCUT2D eigenvalue weighted by Crippen LogP contribution is 2.23. The van der Waals surface area contributed by atoms with Gasteiger partial charge in [-0.05, 0) is 24.3 Å². The Labute approximate surface area is 109 Å². The molecule has 0 saturated carbocycles. The van der Waals surface area contributed by atoms with Gasteiger partial charge in [0.15, 0.2) is 5.65 Å². The molecule has 1 N–H and O–H groups in total. The number of carboxylic acid groups (broad SMARTS) is 1. The van der Waals surface area contributed by atoms with Gasteiger partial charge in [-0.25, -0.2) is 14.8 Å². The van der Waals surface area contributed by atoms with Crippen molar-refractivity contribution in [3.8, 4) is 11.4 Å². The Morgan fingerprint density at radius 2 is 2.11 bits per heavy atom. The van der Waals surface area contributed by atoms with E-state index in [1.165, 1.54) is 0 Å². The van der Waals surface area contributed by atoms with Crippen LogP contribution in [-0.2, 0) is 7.05 Å². The van der Waals surface area contributed by atoms with E-state index in [0.717, 1.165) is 16.7 Å². The van der Waals surface area contributed by atoms with E-state index in [4.69, 9.17) is 5.11 Å². The maximum absolute atomic E-state index is 11.0. The Balaban J connectivity index is 2.21. The van der Waals surface area contributed by atoms with Gasteiger partial charge in [0.2, 0.25) is 0 Å². The minimum atomic E-state index is -0.946. The molecule has 0 fully saturated rings. The number of nitrogens with zero attached hydrogens (tertiary/aromatic N) is 3. The van der Waals surface area contributed by atoms with E-state index in [1.54, 1.807) is 24.4 Å². The lowest BCUT2D eigenvalue weighted by Crippen LogP contribution is -1.98. The average molecular weight is 253 g/mol. The summed E-state index contributed by atoms with van der Waals surface area (Å²) in [6.07, 6.45) is 1.71. The normalized spacial score (nSPS) is 10.8. The monoisotopic (exact) mass is 253 g/mol. The van der Waals surface area contributed by atoms with Gasteiger partial charge in [0.25, 0.3) is 0 Å². The van der Waals surface area contributed by atoms with Crippen molar-refractivity contribution in [3.63, 3.8) is 0 Å². The van der Waals surface area contributed by atoms with Gasteiger partial charge in [0.1, 0.15) is 11.3 Å². The van der Waals surface area contributed by atoms with Gasteiger partial charge in [0.05, 0.1) is 5.56 Å². The molecule has 0 aliphatic carbocycles. The number of aromatic carboxylic acids is 1. The van der Waals surface area contributed by atoms with Crippen molar-refractivity contribution in [2.24, 2.45) is 7.05 Å². The van der Waals surface area contributed by atoms with Crippen LogP contribution < -0.4 is 0 Å². The van der Waals surface area contributed by atoms with Crippen molar-refractivity contribution < 1.29 is 9.90 Å². The Bertz CT molecular complexity index is 777. The molecule has 0 aliphatic rings. The lowest BCUT2D eigenvalue weighted by molar-refractivity contribution is 0.0697. The van der Waals surface area contributed by atoms with Crippen LogP contribution in [0.3, 0.4) is 0 Å². The van der Waals surface area contributed by atoms with Crippen LogP contribution in [-0.4, -0.2) is 25.6 Å². The quantitative estimate of drug-likeness (QED) is 0.761. The first-order chi connectivity index (χ1) is 9.16. The number of aryl methyl sites for hydroxylation is 1. The zero-order chi connectivity index (χ0) is 13.4. The van der Waals surface area contributed by atoms with E-state index >= 15 is 0 Å². The van der Waals surface area contributed by atoms with Gasteiger partial charge in [0, 0.05) is 18.8 Å². The molecule has 0 saturated heterocycles. The van der Waals surface area contributed by atoms with Crippen LogP contribution in [0.5, 0.6) is 0 Å². The third kappa shape index (κ3) is 1.85. The second kappa shape index (κ2) is 4.20. The first kappa shape index (κ1) is 11.4. The predicted octanol–water partition coefficient (Wildman–Crippen LogP) is 2.33. The number of aromatic nitrogens is 3. The van der Waals surface area contributed by atoms with E-state index in [-0.39, 0.29) is 5.56 Å². The fraction of sp³-hybridized carbons (Fsp3) is 0.0714. The highest BCUT2D eigenvalue weighted by Gasteiger charge is 2.12. The first-order valence-corrected chi connectivity index (χ1v) is 5.78. The van der Waals surface area contributed by atoms with E-state index in [2.05, 4.69) is 9.97 Å². The Kier molecular flexibility index (Phi) is 2.52. The summed E-state index contributed by atoms with van der Waals surface area (Å²) >= 11 is 0. The molecule has 2 aromatic heterocycles. The van der Waals surface area contributed by atoms with Crippen molar-refractivity contribution in [1.29, 1.82) is 0 Å². The number of rotatable bonds is 2. The van der Waals surface area contributed by atoms with E-state index in [0.29, 0.717) is 5.82 Å². The van der Waals surface area contributed by atoms with Crippen LogP contribution in [0.15, 0.2) is 42.6 Å². The molecule has 0 amide bonds. The molecule has 2 heterocycles. The SMILES string of the molecule is Cn1c(-c2cccc(C(=O)O)c2)nc2cccnc21. The molecule has 5 heteroatoms. The Morgan fingerprint density at radius 1 is 1.26 bits per heavy atom. The largest absolute Gasteiger partial charge is 0.478 e. The molecule has 19 heavy (non-hydrogen) atoms. The molecule has 0 unspecified atom stereocenters. The van der Waals surface area contributed by atoms with E-state index < -0.39 is 5.97 Å². The van der Waals surface area contributed by atoms with Gasteiger partial charge in [-0.15, -0.1) is 0 Å². The number of imidazole rings is 1. The molecular weight excluding hydrogens is 242 g/mol. The third-order valence-corrected chi connectivity index (χ3v) is 3.00. The third-order valence-electron chi connectivity index (χ3n) is 3.00. The average Bonchev–Trinajstić information content (AvgIpc) is 2.77. The summed E-state index contributed by atoms with van der Waals surface area (Å²) in [6, 6.07) is 10.4. The number of pyridine rings is 1. The second-order valence-electron chi connectivity index (χ2n) is 4.23. The van der Waals surface area contributed by atoms with Crippen molar-refractivity contribution in [3.05, 3.63) is 48.2 Å². The lowest BCUT2D eigenvalue weighted by Gasteiger charge is -2.03. The first-order valence-electron chi connectivity index (χ1n) is 5.78. The number of carbonyl (C=O) groups is 1. The second-order valence-corrected chi connectivity index (χ2v) is 4.23. The smallest absolute Gasteiger partial charge is 0.335 e. The summed E-state index contributed by atoms with van der Waals surface area (Å²) < 4.78 is 1.86. The Morgan fingerprint density at radius 3 is 2.84 bits per heavy atom. The highest BCUT2D eigenvalue weighted by molar-refractivity contribution is 5.89. The molecule has 0 radical (unpaired) electrons. The molecule has 5 nitrogen and oxygen atoms in total. The van der Waals surface area contributed by atoms with Crippen LogP contribution in [0.1, 0.15) is 10.4 Å². The molecule has 1 aromatic carbocycles. The summed E-state index contributed by atoms with van der Waals surface area (Å²) in [5.41, 5.74) is 2.58. The van der Waals surface area contributed by atoms with Crippen molar-refractivity contribution in [1.82, 2.24) is 14.5 Å². The number of benzene rings is 1. The van der Waals surface area contributed by atoms with Crippen LogP contribution >= 0.6 is 0 Å². The molecular formula is C14H11N3O2. The zero-order valence-corrected chi connectivity index (χ0v) is 10.2. The van der Waals surface area contributed by atoms with Gasteiger partial charge in [-0.1, -0.05) is 12.1 Å². The van der Waals surface area contributed by atoms with Crippen molar-refractivity contribution in [2.45, 2.75) is 0 Å². The maximum Gasteiger partial charge on any atom is 0.335 e. The topological polar surface area (TPSA) is 68.0 Å². The summed E-state index contributed by atoms with van der Waals surface area (Å²) in [5.74, 6) is -0.240. The lowest BCUT2D eigenvalue weighted by atomic mass is 10.1. The van der Waals surface area contributed by atoms with Crippen LogP contribution in [0.4, 0.5) is 0 Å². The number of hydrogen-bond donors (Lipinski definition) is 1. The summed E-state index contributed by atoms with van der Waals surface area (Å²) in [5, 5.41) is 9.03. The van der Waals surface area contributed by atoms with Crippen LogP contribution in [0.25, 0.3) is 22.6 Å².